The molecule has 0 unspecified atom stereocenters. The van der Waals surface area contributed by atoms with Crippen molar-refractivity contribution in [2.45, 2.75) is 20.8 Å². The number of rotatable bonds is 2. The predicted molar refractivity (Wildman–Crippen MR) is 50.8 cm³/mol. The normalized spacial score (nSPS) is 13.4. The van der Waals surface area contributed by atoms with Gasteiger partial charge >= 0.3 is 0 Å². The third kappa shape index (κ3) is 3.85. The lowest BCUT2D eigenvalue weighted by Gasteiger charge is -2.23. The molecule has 0 saturated carbocycles. The minimum Gasteiger partial charge on any atom is -0.331 e. The Hall–Kier alpha value is -0.0831. The highest BCUT2D eigenvalue weighted by Gasteiger charge is 2.14. The Balaban J connectivity index is 3.87. The van der Waals surface area contributed by atoms with Gasteiger partial charge in [-0.3, -0.25) is 0 Å². The van der Waals surface area contributed by atoms with Gasteiger partial charge in [-0.25, -0.2) is 0 Å². The van der Waals surface area contributed by atoms with Gasteiger partial charge in [0.15, 0.2) is 0 Å². The van der Waals surface area contributed by atoms with E-state index in [1.165, 1.54) is 5.20 Å². The molecule has 0 saturated heterocycles. The van der Waals surface area contributed by atoms with Crippen molar-refractivity contribution in [2.24, 2.45) is 5.41 Å². The maximum atomic E-state index is 4.09. The Kier molecular flexibility index (Phi) is 3.32. The molecule has 0 aliphatic heterocycles. The lowest BCUT2D eigenvalue weighted by atomic mass is 9.97. The minimum atomic E-state index is -0.195. The fourth-order valence-electron chi connectivity index (χ4n) is 0.619. The van der Waals surface area contributed by atoms with E-state index in [4.69, 9.17) is 0 Å². The number of hydrogen-bond acceptors (Lipinski definition) is 1. The topological polar surface area (TPSA) is 3.24 Å². The van der Waals surface area contributed by atoms with E-state index < -0.39 is 0 Å². The summed E-state index contributed by atoms with van der Waals surface area (Å²) < 4.78 is 2.29. The Morgan fingerprint density at radius 2 is 1.70 bits per heavy atom. The van der Waals surface area contributed by atoms with Gasteiger partial charge in [0.1, 0.15) is 9.68 Å². The van der Waals surface area contributed by atoms with Crippen LogP contribution in [0, 0.1) is 5.41 Å². The maximum absolute atomic E-state index is 4.09. The van der Waals surface area contributed by atoms with E-state index in [1.54, 1.807) is 0 Å². The van der Waals surface area contributed by atoms with Gasteiger partial charge in [0.2, 0.25) is 0 Å². The summed E-state index contributed by atoms with van der Waals surface area (Å²) in [5.74, 6) is 0. The first-order valence-corrected chi connectivity index (χ1v) is 5.01. The summed E-state index contributed by atoms with van der Waals surface area (Å²) in [6, 6.07) is 0. The minimum absolute atomic E-state index is 0.195. The highest BCUT2D eigenvalue weighted by Crippen LogP contribution is 2.22. The van der Waals surface area contributed by atoms with Crippen LogP contribution in [0.3, 0.4) is 0 Å². The molecule has 0 spiro atoms. The van der Waals surface area contributed by atoms with Gasteiger partial charge in [-0.05, 0) is 19.5 Å². The summed E-state index contributed by atoms with van der Waals surface area (Å²) in [5.41, 5.74) is 0.316. The van der Waals surface area contributed by atoms with Gasteiger partial charge < -0.3 is 4.57 Å². The Morgan fingerprint density at radius 1 is 1.30 bits per heavy atom. The van der Waals surface area contributed by atoms with Crippen molar-refractivity contribution in [3.63, 3.8) is 0 Å². The monoisotopic (exact) mass is 157 g/mol. The summed E-state index contributed by atoms with van der Waals surface area (Å²) in [6.45, 7) is 10.8. The molecule has 0 aromatic heterocycles. The fraction of sp³-hybridized carbons (Fsp3) is 0.750. The second-order valence-electron chi connectivity index (χ2n) is 4.09. The third-order valence-corrected chi connectivity index (χ3v) is 3.64. The van der Waals surface area contributed by atoms with E-state index in [1.807, 2.05) is 0 Å². The average molecular weight is 157 g/mol. The van der Waals surface area contributed by atoms with E-state index in [0.717, 1.165) is 0 Å². The molecule has 0 N–H and O–H groups in total. The van der Waals surface area contributed by atoms with Crippen molar-refractivity contribution in [3.05, 3.63) is 11.8 Å². The number of allylic oxidation sites excluding steroid dienone is 1. The van der Waals surface area contributed by atoms with Crippen molar-refractivity contribution in [3.8, 4) is 0 Å². The predicted octanol–water partition coefficient (Wildman–Crippen LogP) is 1.19. The third-order valence-electron chi connectivity index (χ3n) is 1.57. The van der Waals surface area contributed by atoms with Gasteiger partial charge in [0, 0.05) is 0 Å². The van der Waals surface area contributed by atoms with E-state index in [9.17, 15) is 0 Å². The highest BCUT2D eigenvalue weighted by atomic mass is 28.2. The molecule has 10 heavy (non-hydrogen) atoms. The SMILES string of the molecule is C=C([SiH2]N(C)C)C(C)(C)C. The van der Waals surface area contributed by atoms with Crippen LogP contribution in [0.2, 0.25) is 0 Å². The molecular formula is C8H19NSi. The fourth-order valence-corrected chi connectivity index (χ4v) is 1.86. The van der Waals surface area contributed by atoms with Crippen LogP contribution in [0.15, 0.2) is 11.8 Å². The molecule has 1 nitrogen and oxygen atoms in total. The van der Waals surface area contributed by atoms with Crippen molar-refractivity contribution >= 4 is 9.68 Å². The van der Waals surface area contributed by atoms with Gasteiger partial charge in [0.05, 0.1) is 0 Å². The van der Waals surface area contributed by atoms with E-state index in [2.05, 4.69) is 46.0 Å². The Bertz CT molecular complexity index is 122. The largest absolute Gasteiger partial charge is 0.331 e. The first-order valence-electron chi connectivity index (χ1n) is 3.67. The summed E-state index contributed by atoms with van der Waals surface area (Å²) in [4.78, 5) is 0. The molecule has 0 heterocycles. The summed E-state index contributed by atoms with van der Waals surface area (Å²) in [7, 11) is 4.06. The molecule has 2 heteroatoms. The number of nitrogens with zero attached hydrogens (tertiary/aromatic N) is 1. The number of hydrogen-bond donors (Lipinski definition) is 0. The second-order valence-corrected chi connectivity index (χ2v) is 6.53. The van der Waals surface area contributed by atoms with Crippen molar-refractivity contribution in [1.29, 1.82) is 0 Å². The van der Waals surface area contributed by atoms with Crippen LogP contribution in [0.1, 0.15) is 20.8 Å². The van der Waals surface area contributed by atoms with Crippen LogP contribution in [0.4, 0.5) is 0 Å². The zero-order valence-electron chi connectivity index (χ0n) is 7.86. The zero-order valence-corrected chi connectivity index (χ0v) is 9.28. The average Bonchev–Trinajstić information content (AvgIpc) is 1.60. The van der Waals surface area contributed by atoms with E-state index >= 15 is 0 Å². The first kappa shape index (κ1) is 9.92. The standard InChI is InChI=1S/C8H19NSi/c1-7(8(2,3)4)10-9(5)6/h1,10H2,2-6H3. The van der Waals surface area contributed by atoms with Gasteiger partial charge in [-0.1, -0.05) is 26.0 Å². The smallest absolute Gasteiger partial charge is 0.122 e. The molecule has 0 amide bonds. The lowest BCUT2D eigenvalue weighted by Crippen LogP contribution is -2.25. The molecule has 0 aliphatic rings. The van der Waals surface area contributed by atoms with Crippen molar-refractivity contribution < 1.29 is 0 Å². The van der Waals surface area contributed by atoms with Gasteiger partial charge in [-0.15, -0.1) is 6.58 Å². The molecule has 0 aromatic rings. The van der Waals surface area contributed by atoms with E-state index in [0.29, 0.717) is 5.41 Å². The summed E-state index contributed by atoms with van der Waals surface area (Å²) >= 11 is 0. The summed E-state index contributed by atoms with van der Waals surface area (Å²) in [6.07, 6.45) is 0. The first-order chi connectivity index (χ1) is 4.34. The van der Waals surface area contributed by atoms with Crippen LogP contribution >= 0.6 is 0 Å². The maximum Gasteiger partial charge on any atom is 0.122 e. The molecule has 0 aromatic carbocycles. The van der Waals surface area contributed by atoms with Crippen molar-refractivity contribution in [1.82, 2.24) is 4.57 Å². The van der Waals surface area contributed by atoms with Crippen molar-refractivity contribution in [2.75, 3.05) is 14.1 Å². The van der Waals surface area contributed by atoms with Gasteiger partial charge in [0.25, 0.3) is 0 Å². The summed E-state index contributed by atoms with van der Waals surface area (Å²) in [5, 5.41) is 1.43. The molecule has 0 bridgehead atoms. The zero-order chi connectivity index (χ0) is 8.36. The quantitative estimate of drug-likeness (QED) is 0.544. The molecule has 60 valence electrons. The van der Waals surface area contributed by atoms with Crippen LogP contribution in [0.25, 0.3) is 0 Å². The van der Waals surface area contributed by atoms with Gasteiger partial charge in [-0.2, -0.15) is 0 Å². The van der Waals surface area contributed by atoms with Crippen LogP contribution in [0.5, 0.6) is 0 Å². The second kappa shape index (κ2) is 3.35. The molecular weight excluding hydrogens is 138 g/mol. The lowest BCUT2D eigenvalue weighted by molar-refractivity contribution is 0.520. The van der Waals surface area contributed by atoms with Crippen LogP contribution in [-0.2, 0) is 0 Å². The molecule has 0 fully saturated rings. The molecule has 0 radical (unpaired) electrons. The van der Waals surface area contributed by atoms with Crippen LogP contribution < -0.4 is 0 Å². The van der Waals surface area contributed by atoms with E-state index in [-0.39, 0.29) is 9.68 Å². The Morgan fingerprint density at radius 3 is 1.80 bits per heavy atom. The Labute approximate surface area is 67.0 Å². The molecule has 0 rings (SSSR count). The van der Waals surface area contributed by atoms with Crippen LogP contribution in [-0.4, -0.2) is 28.3 Å². The highest BCUT2D eigenvalue weighted by molar-refractivity contribution is 6.42. The molecule has 0 aliphatic carbocycles. The molecule has 0 atom stereocenters.